The van der Waals surface area contributed by atoms with Crippen molar-refractivity contribution in [3.8, 4) is 5.75 Å². The fourth-order valence-electron chi connectivity index (χ4n) is 2.21. The Kier molecular flexibility index (Phi) is 4.80. The van der Waals surface area contributed by atoms with Crippen molar-refractivity contribution in [1.82, 2.24) is 0 Å². The van der Waals surface area contributed by atoms with Crippen LogP contribution in [-0.2, 0) is 25.7 Å². The molecule has 0 radical (unpaired) electrons. The van der Waals surface area contributed by atoms with E-state index in [1.165, 1.54) is 19.1 Å². The highest BCUT2D eigenvalue weighted by Gasteiger charge is 2.30. The van der Waals surface area contributed by atoms with Gasteiger partial charge in [0.05, 0.1) is 4.90 Å². The fourth-order valence-corrected chi connectivity index (χ4v) is 3.48. The van der Waals surface area contributed by atoms with Crippen LogP contribution in [0, 0.1) is 0 Å². The van der Waals surface area contributed by atoms with Gasteiger partial charge in [0.2, 0.25) is 0 Å². The number of esters is 1. The maximum Gasteiger partial charge on any atom is 0.308 e. The standard InChI is InChI=1S/C16H24O5S/c1-10(17)21-11-8-12(15(2,3)4)14(22(18,19)20)13(9-11)16(5,6)7/h8-9H,1-7H3,(H,18,19,20)/p-1. The first-order chi connectivity index (χ1) is 9.64. The second kappa shape index (κ2) is 5.66. The molecule has 0 aromatic heterocycles. The molecule has 0 N–H and O–H groups in total. The lowest BCUT2D eigenvalue weighted by Crippen LogP contribution is -2.24. The molecule has 0 atom stereocenters. The molecule has 1 rings (SSSR count). The van der Waals surface area contributed by atoms with Crippen molar-refractivity contribution < 1.29 is 22.5 Å². The molecule has 0 saturated carbocycles. The third kappa shape index (κ3) is 4.30. The zero-order valence-corrected chi connectivity index (χ0v) is 14.9. The lowest BCUT2D eigenvalue weighted by atomic mass is 9.80. The van der Waals surface area contributed by atoms with Crippen LogP contribution in [-0.4, -0.2) is 18.9 Å². The van der Waals surface area contributed by atoms with Crippen molar-refractivity contribution in [1.29, 1.82) is 0 Å². The van der Waals surface area contributed by atoms with Gasteiger partial charge in [-0.15, -0.1) is 0 Å². The van der Waals surface area contributed by atoms with E-state index in [0.717, 1.165) is 0 Å². The summed E-state index contributed by atoms with van der Waals surface area (Å²) < 4.78 is 40.6. The van der Waals surface area contributed by atoms with Gasteiger partial charge < -0.3 is 9.29 Å². The fraction of sp³-hybridized carbons (Fsp3) is 0.562. The van der Waals surface area contributed by atoms with Crippen LogP contribution in [0.2, 0.25) is 0 Å². The zero-order valence-electron chi connectivity index (χ0n) is 14.1. The highest BCUT2D eigenvalue weighted by Crippen LogP contribution is 2.39. The first-order valence-electron chi connectivity index (χ1n) is 6.97. The van der Waals surface area contributed by atoms with Gasteiger partial charge >= 0.3 is 5.97 Å². The number of rotatable bonds is 2. The average Bonchev–Trinajstić information content (AvgIpc) is 2.22. The lowest BCUT2D eigenvalue weighted by Gasteiger charge is -2.31. The molecule has 6 heteroatoms. The summed E-state index contributed by atoms with van der Waals surface area (Å²) in [5.74, 6) is -0.257. The minimum absolute atomic E-state index is 0.219. The molecule has 0 aliphatic carbocycles. The second-order valence-electron chi connectivity index (χ2n) is 7.40. The molecule has 0 unspecified atom stereocenters. The van der Waals surface area contributed by atoms with Crippen LogP contribution in [0.15, 0.2) is 17.0 Å². The predicted molar refractivity (Wildman–Crippen MR) is 83.1 cm³/mol. The van der Waals surface area contributed by atoms with Crippen molar-refractivity contribution in [2.75, 3.05) is 0 Å². The van der Waals surface area contributed by atoms with Crippen molar-refractivity contribution >= 4 is 16.1 Å². The number of benzene rings is 1. The summed E-state index contributed by atoms with van der Waals surface area (Å²) in [4.78, 5) is 11.0. The lowest BCUT2D eigenvalue weighted by molar-refractivity contribution is -0.131. The van der Waals surface area contributed by atoms with E-state index >= 15 is 0 Å². The van der Waals surface area contributed by atoms with Crippen LogP contribution < -0.4 is 4.74 Å². The third-order valence-corrected chi connectivity index (χ3v) is 4.13. The zero-order chi connectivity index (χ0) is 17.5. The number of hydrogen-bond acceptors (Lipinski definition) is 5. The van der Waals surface area contributed by atoms with Crippen molar-refractivity contribution in [3.63, 3.8) is 0 Å². The Hall–Kier alpha value is -1.40. The van der Waals surface area contributed by atoms with Gasteiger partial charge in [-0.05, 0) is 34.1 Å². The molecule has 1 aromatic rings. The summed E-state index contributed by atoms with van der Waals surface area (Å²) in [6.45, 7) is 12.1. The van der Waals surface area contributed by atoms with E-state index in [1.807, 2.05) is 0 Å². The summed E-state index contributed by atoms with van der Waals surface area (Å²) in [7, 11) is -4.67. The smallest absolute Gasteiger partial charge is 0.308 e. The average molecular weight is 327 g/mol. The molecule has 0 heterocycles. The highest BCUT2D eigenvalue weighted by atomic mass is 32.2. The molecular weight excluding hydrogens is 304 g/mol. The SMILES string of the molecule is CC(=O)Oc1cc(C(C)(C)C)c(S(=O)(=O)[O-])c(C(C)(C)C)c1. The van der Waals surface area contributed by atoms with Crippen molar-refractivity contribution in [2.45, 2.75) is 64.2 Å². The van der Waals surface area contributed by atoms with E-state index < -0.39 is 26.9 Å². The van der Waals surface area contributed by atoms with Gasteiger partial charge in [-0.3, -0.25) is 4.79 Å². The van der Waals surface area contributed by atoms with Gasteiger partial charge in [-0.1, -0.05) is 41.5 Å². The van der Waals surface area contributed by atoms with E-state index in [2.05, 4.69) is 0 Å². The molecule has 1 aromatic carbocycles. The summed E-state index contributed by atoms with van der Waals surface area (Å²) in [6, 6.07) is 2.92. The van der Waals surface area contributed by atoms with Gasteiger partial charge in [0.15, 0.2) is 0 Å². The predicted octanol–water partition coefficient (Wildman–Crippen LogP) is 3.11. The number of carbonyl (C=O) groups is 1. The third-order valence-electron chi connectivity index (χ3n) is 3.19. The van der Waals surface area contributed by atoms with Gasteiger partial charge in [0.1, 0.15) is 15.9 Å². The van der Waals surface area contributed by atoms with Crippen LogP contribution >= 0.6 is 0 Å². The first-order valence-corrected chi connectivity index (χ1v) is 8.38. The molecule has 5 nitrogen and oxygen atoms in total. The maximum atomic E-state index is 11.8. The highest BCUT2D eigenvalue weighted by molar-refractivity contribution is 7.85. The van der Waals surface area contributed by atoms with Crippen molar-refractivity contribution in [3.05, 3.63) is 23.3 Å². The molecule has 0 fully saturated rings. The van der Waals surface area contributed by atoms with Crippen LogP contribution in [0.1, 0.15) is 59.6 Å². The monoisotopic (exact) mass is 327 g/mol. The summed E-state index contributed by atoms with van der Waals surface area (Å²) in [5.41, 5.74) is -0.483. The Bertz CT molecular complexity index is 653. The topological polar surface area (TPSA) is 83.5 Å². The Labute approximate surface area is 132 Å². The van der Waals surface area contributed by atoms with Crippen LogP contribution in [0.4, 0.5) is 0 Å². The van der Waals surface area contributed by atoms with Crippen LogP contribution in [0.5, 0.6) is 5.75 Å². The molecule has 0 spiro atoms. The summed E-state index contributed by atoms with van der Waals surface area (Å²) in [6.07, 6.45) is 0. The Morgan fingerprint density at radius 3 is 1.59 bits per heavy atom. The van der Waals surface area contributed by atoms with E-state index in [1.54, 1.807) is 41.5 Å². The van der Waals surface area contributed by atoms with Crippen LogP contribution in [0.25, 0.3) is 0 Å². The Morgan fingerprint density at radius 1 is 1.00 bits per heavy atom. The maximum absolute atomic E-state index is 11.8. The minimum atomic E-state index is -4.67. The van der Waals surface area contributed by atoms with Crippen LogP contribution in [0.3, 0.4) is 0 Å². The summed E-state index contributed by atoms with van der Waals surface area (Å²) in [5, 5.41) is 0. The Balaban J connectivity index is 3.90. The first kappa shape index (κ1) is 18.6. The Morgan fingerprint density at radius 2 is 1.36 bits per heavy atom. The van der Waals surface area contributed by atoms with E-state index in [4.69, 9.17) is 4.74 Å². The van der Waals surface area contributed by atoms with Gasteiger partial charge in [0.25, 0.3) is 0 Å². The van der Waals surface area contributed by atoms with Gasteiger partial charge in [-0.25, -0.2) is 8.42 Å². The number of ether oxygens (including phenoxy) is 1. The van der Waals surface area contributed by atoms with Gasteiger partial charge in [-0.2, -0.15) is 0 Å². The molecule has 0 saturated heterocycles. The number of hydrogen-bond donors (Lipinski definition) is 0. The van der Waals surface area contributed by atoms with E-state index in [0.29, 0.717) is 11.1 Å². The molecule has 0 aliphatic heterocycles. The second-order valence-corrected chi connectivity index (χ2v) is 8.71. The molecule has 0 amide bonds. The summed E-state index contributed by atoms with van der Waals surface area (Å²) >= 11 is 0. The molecule has 0 aliphatic rings. The molecule has 124 valence electrons. The van der Waals surface area contributed by atoms with E-state index in [-0.39, 0.29) is 10.6 Å². The minimum Gasteiger partial charge on any atom is -0.744 e. The number of carbonyl (C=O) groups excluding carboxylic acids is 1. The molecule has 0 bridgehead atoms. The van der Waals surface area contributed by atoms with E-state index in [9.17, 15) is 17.8 Å². The quantitative estimate of drug-likeness (QED) is 0.473. The largest absolute Gasteiger partial charge is 0.744 e. The van der Waals surface area contributed by atoms with Crippen molar-refractivity contribution in [2.24, 2.45) is 0 Å². The van der Waals surface area contributed by atoms with Gasteiger partial charge in [0, 0.05) is 6.92 Å². The normalized spacial score (nSPS) is 13.1. The molecule has 22 heavy (non-hydrogen) atoms. The molecular formula is C16H23O5S-.